The standard InChI is InChI=1S/C16H23BrN4/c1-6-7-18-14(15-16(17)19-20-21(15)5)13-11(3)8-10(2)9-12(13)4/h8-9,14,18H,6-7H2,1-5H3. The van der Waals surface area contributed by atoms with Crippen LogP contribution in [0.2, 0.25) is 0 Å². The second-order valence-corrected chi connectivity index (χ2v) is 6.34. The highest BCUT2D eigenvalue weighted by molar-refractivity contribution is 9.10. The first-order valence-electron chi connectivity index (χ1n) is 7.31. The fraction of sp³-hybridized carbons (Fsp3) is 0.500. The van der Waals surface area contributed by atoms with E-state index in [2.05, 4.69) is 71.4 Å². The molecule has 2 rings (SSSR count). The number of benzene rings is 1. The molecule has 0 fully saturated rings. The van der Waals surface area contributed by atoms with Crippen LogP contribution in [0.1, 0.15) is 47.3 Å². The summed E-state index contributed by atoms with van der Waals surface area (Å²) < 4.78 is 2.65. The maximum absolute atomic E-state index is 4.14. The molecule has 0 amide bonds. The van der Waals surface area contributed by atoms with Gasteiger partial charge in [0.2, 0.25) is 0 Å². The molecule has 0 saturated heterocycles. The monoisotopic (exact) mass is 350 g/mol. The van der Waals surface area contributed by atoms with E-state index in [0.717, 1.165) is 23.3 Å². The number of hydrogen-bond donors (Lipinski definition) is 1. The highest BCUT2D eigenvalue weighted by Crippen LogP contribution is 2.31. The molecule has 1 N–H and O–H groups in total. The number of rotatable bonds is 5. The van der Waals surface area contributed by atoms with E-state index in [1.54, 1.807) is 0 Å². The number of hydrogen-bond acceptors (Lipinski definition) is 3. The lowest BCUT2D eigenvalue weighted by atomic mass is 9.92. The van der Waals surface area contributed by atoms with Gasteiger partial charge in [-0.3, -0.25) is 0 Å². The third-order valence-corrected chi connectivity index (χ3v) is 4.29. The van der Waals surface area contributed by atoms with Gasteiger partial charge in [0.1, 0.15) is 0 Å². The predicted octanol–water partition coefficient (Wildman–Crippen LogP) is 3.59. The molecule has 0 aliphatic rings. The molecule has 1 heterocycles. The summed E-state index contributed by atoms with van der Waals surface area (Å²) in [6.45, 7) is 9.62. The minimum absolute atomic E-state index is 0.0972. The Morgan fingerprint density at radius 1 is 1.24 bits per heavy atom. The number of aromatic nitrogens is 3. The van der Waals surface area contributed by atoms with Crippen molar-refractivity contribution in [3.63, 3.8) is 0 Å². The Bertz CT molecular complexity index is 591. The molecule has 1 atom stereocenters. The third kappa shape index (κ3) is 3.35. The molecule has 0 bridgehead atoms. The van der Waals surface area contributed by atoms with Gasteiger partial charge in [-0.1, -0.05) is 29.8 Å². The summed E-state index contributed by atoms with van der Waals surface area (Å²) >= 11 is 3.54. The Morgan fingerprint density at radius 3 is 2.33 bits per heavy atom. The zero-order chi connectivity index (χ0) is 15.6. The predicted molar refractivity (Wildman–Crippen MR) is 89.5 cm³/mol. The van der Waals surface area contributed by atoms with Crippen molar-refractivity contribution in [3.8, 4) is 0 Å². The van der Waals surface area contributed by atoms with Crippen molar-refractivity contribution in [1.82, 2.24) is 20.3 Å². The molecule has 0 aliphatic heterocycles. The van der Waals surface area contributed by atoms with Crippen LogP contribution in [0.5, 0.6) is 0 Å². The van der Waals surface area contributed by atoms with Gasteiger partial charge in [-0.15, -0.1) is 5.10 Å². The van der Waals surface area contributed by atoms with Gasteiger partial charge in [-0.05, 0) is 66.4 Å². The second kappa shape index (κ2) is 6.71. The fourth-order valence-electron chi connectivity index (χ4n) is 2.92. The molecule has 0 saturated carbocycles. The molecule has 0 aliphatic carbocycles. The van der Waals surface area contributed by atoms with Crippen LogP contribution in [-0.2, 0) is 7.05 Å². The van der Waals surface area contributed by atoms with Gasteiger partial charge in [0.15, 0.2) is 4.60 Å². The van der Waals surface area contributed by atoms with Gasteiger partial charge < -0.3 is 5.32 Å². The summed E-state index contributed by atoms with van der Waals surface area (Å²) in [5, 5.41) is 11.9. The summed E-state index contributed by atoms with van der Waals surface area (Å²) in [5.41, 5.74) is 6.28. The van der Waals surface area contributed by atoms with E-state index in [9.17, 15) is 0 Å². The summed E-state index contributed by atoms with van der Waals surface area (Å²) in [7, 11) is 1.94. The molecule has 0 radical (unpaired) electrons. The van der Waals surface area contributed by atoms with Crippen molar-refractivity contribution in [2.45, 2.75) is 40.2 Å². The van der Waals surface area contributed by atoms with Crippen molar-refractivity contribution < 1.29 is 0 Å². The van der Waals surface area contributed by atoms with Crippen molar-refractivity contribution in [1.29, 1.82) is 0 Å². The average molecular weight is 351 g/mol. The van der Waals surface area contributed by atoms with Crippen LogP contribution in [0.15, 0.2) is 16.7 Å². The van der Waals surface area contributed by atoms with Crippen LogP contribution < -0.4 is 5.32 Å². The van der Waals surface area contributed by atoms with Gasteiger partial charge in [-0.2, -0.15) is 0 Å². The highest BCUT2D eigenvalue weighted by Gasteiger charge is 2.24. The second-order valence-electron chi connectivity index (χ2n) is 5.59. The quantitative estimate of drug-likeness (QED) is 0.895. The first kappa shape index (κ1) is 16.2. The van der Waals surface area contributed by atoms with Crippen LogP contribution in [0, 0.1) is 20.8 Å². The van der Waals surface area contributed by atoms with Crippen LogP contribution in [0.3, 0.4) is 0 Å². The molecule has 114 valence electrons. The van der Waals surface area contributed by atoms with Gasteiger partial charge in [0.05, 0.1) is 11.7 Å². The van der Waals surface area contributed by atoms with Gasteiger partial charge in [0, 0.05) is 7.05 Å². The van der Waals surface area contributed by atoms with E-state index < -0.39 is 0 Å². The Balaban J connectivity index is 2.56. The Labute approximate surface area is 135 Å². The Kier molecular flexibility index (Phi) is 5.17. The molecule has 5 heteroatoms. The summed E-state index contributed by atoms with van der Waals surface area (Å²) in [6, 6.07) is 4.57. The Hall–Kier alpha value is -1.20. The van der Waals surface area contributed by atoms with Crippen molar-refractivity contribution >= 4 is 15.9 Å². The van der Waals surface area contributed by atoms with Crippen molar-refractivity contribution in [2.75, 3.05) is 6.54 Å². The molecule has 0 spiro atoms. The minimum Gasteiger partial charge on any atom is -0.305 e. The third-order valence-electron chi connectivity index (χ3n) is 3.73. The number of halogens is 1. The van der Waals surface area contributed by atoms with E-state index >= 15 is 0 Å². The molecule has 1 aromatic carbocycles. The number of nitrogens with one attached hydrogen (secondary N) is 1. The highest BCUT2D eigenvalue weighted by atomic mass is 79.9. The fourth-order valence-corrected chi connectivity index (χ4v) is 3.47. The normalized spacial score (nSPS) is 12.7. The first-order valence-corrected chi connectivity index (χ1v) is 8.11. The largest absolute Gasteiger partial charge is 0.305 e. The first-order chi connectivity index (χ1) is 9.95. The lowest BCUT2D eigenvalue weighted by Crippen LogP contribution is -2.27. The van der Waals surface area contributed by atoms with E-state index in [4.69, 9.17) is 0 Å². The van der Waals surface area contributed by atoms with E-state index in [0.29, 0.717) is 0 Å². The van der Waals surface area contributed by atoms with Crippen molar-refractivity contribution in [2.24, 2.45) is 7.05 Å². The molecular formula is C16H23BrN4. The molecule has 1 unspecified atom stereocenters. The summed E-state index contributed by atoms with van der Waals surface area (Å²) in [4.78, 5) is 0. The number of aryl methyl sites for hydroxylation is 4. The van der Waals surface area contributed by atoms with Gasteiger partial charge >= 0.3 is 0 Å². The average Bonchev–Trinajstić information content (AvgIpc) is 2.72. The number of nitrogens with zero attached hydrogens (tertiary/aromatic N) is 3. The van der Waals surface area contributed by atoms with E-state index in [1.807, 2.05) is 11.7 Å². The smallest absolute Gasteiger partial charge is 0.153 e. The zero-order valence-corrected chi connectivity index (χ0v) is 15.0. The maximum Gasteiger partial charge on any atom is 0.153 e. The molecule has 21 heavy (non-hydrogen) atoms. The van der Waals surface area contributed by atoms with Crippen LogP contribution in [0.25, 0.3) is 0 Å². The van der Waals surface area contributed by atoms with E-state index in [1.165, 1.54) is 22.3 Å². The Morgan fingerprint density at radius 2 is 1.86 bits per heavy atom. The van der Waals surface area contributed by atoms with Crippen LogP contribution in [-0.4, -0.2) is 21.5 Å². The molecular weight excluding hydrogens is 328 g/mol. The van der Waals surface area contributed by atoms with Gasteiger partial charge in [0.25, 0.3) is 0 Å². The lowest BCUT2D eigenvalue weighted by molar-refractivity contribution is 0.546. The maximum atomic E-state index is 4.14. The summed E-state index contributed by atoms with van der Waals surface area (Å²) in [5.74, 6) is 0. The minimum atomic E-state index is 0.0972. The summed E-state index contributed by atoms with van der Waals surface area (Å²) in [6.07, 6.45) is 1.09. The molecule has 2 aromatic rings. The van der Waals surface area contributed by atoms with Crippen molar-refractivity contribution in [3.05, 3.63) is 44.7 Å². The topological polar surface area (TPSA) is 42.7 Å². The van der Waals surface area contributed by atoms with Crippen LogP contribution >= 0.6 is 15.9 Å². The van der Waals surface area contributed by atoms with Gasteiger partial charge in [-0.25, -0.2) is 4.68 Å². The SMILES string of the molecule is CCCNC(c1c(C)cc(C)cc1C)c1c(Br)nnn1C. The molecule has 4 nitrogen and oxygen atoms in total. The van der Waals surface area contributed by atoms with Crippen LogP contribution in [0.4, 0.5) is 0 Å². The zero-order valence-electron chi connectivity index (χ0n) is 13.4. The lowest BCUT2D eigenvalue weighted by Gasteiger charge is -2.23. The van der Waals surface area contributed by atoms with E-state index in [-0.39, 0.29) is 6.04 Å². The molecule has 1 aromatic heterocycles.